The minimum absolute atomic E-state index is 0.110. The molecule has 0 aliphatic heterocycles. The third kappa shape index (κ3) is 4.57. The van der Waals surface area contributed by atoms with Crippen LogP contribution in [0.5, 0.6) is 5.75 Å². The lowest BCUT2D eigenvalue weighted by atomic mass is 10.1. The maximum absolute atomic E-state index is 11.7. The van der Waals surface area contributed by atoms with E-state index < -0.39 is 0 Å². The molecular weight excluding hydrogens is 256 g/mol. The number of carbonyl (C=O) groups excluding carboxylic acids is 2. The monoisotopic (exact) mass is 278 g/mol. The van der Waals surface area contributed by atoms with Crippen LogP contribution in [-0.4, -0.2) is 24.3 Å². The maximum Gasteiger partial charge on any atom is 0.258 e. The molecule has 0 aliphatic carbocycles. The van der Waals surface area contributed by atoms with Crippen molar-refractivity contribution in [2.24, 2.45) is 0 Å². The number of nitrogens with one attached hydrogen (secondary N) is 1. The van der Waals surface area contributed by atoms with E-state index in [9.17, 15) is 9.59 Å². The Kier molecular flexibility index (Phi) is 6.03. The van der Waals surface area contributed by atoms with Crippen LogP contribution in [0.3, 0.4) is 0 Å². The number of anilines is 1. The number of carbonyl (C=O) groups is 2. The summed E-state index contributed by atoms with van der Waals surface area (Å²) in [5, 5.41) is 2.87. The van der Waals surface area contributed by atoms with Gasteiger partial charge in [0, 0.05) is 11.7 Å². The van der Waals surface area contributed by atoms with E-state index in [1.807, 2.05) is 13.8 Å². The van der Waals surface area contributed by atoms with Crippen LogP contribution in [-0.2, 0) is 4.79 Å². The predicted molar refractivity (Wildman–Crippen MR) is 78.9 cm³/mol. The number of nitrogen functional groups attached to an aromatic ring is 1. The van der Waals surface area contributed by atoms with Crippen LogP contribution >= 0.6 is 0 Å². The molecule has 0 saturated heterocycles. The number of nitrogens with two attached hydrogens (primary N) is 1. The summed E-state index contributed by atoms with van der Waals surface area (Å²) in [6, 6.07) is 4.96. The highest BCUT2D eigenvalue weighted by atomic mass is 16.5. The molecule has 3 N–H and O–H groups in total. The molecule has 0 unspecified atom stereocenters. The van der Waals surface area contributed by atoms with Crippen LogP contribution < -0.4 is 15.8 Å². The fourth-order valence-corrected chi connectivity index (χ4v) is 1.85. The van der Waals surface area contributed by atoms with Crippen molar-refractivity contribution in [1.82, 2.24) is 5.32 Å². The van der Waals surface area contributed by atoms with E-state index >= 15 is 0 Å². The fraction of sp³-hybridized carbons (Fsp3) is 0.467. The number of amides is 1. The van der Waals surface area contributed by atoms with Gasteiger partial charge in [-0.1, -0.05) is 13.8 Å². The van der Waals surface area contributed by atoms with Crippen molar-refractivity contribution in [3.63, 3.8) is 0 Å². The lowest BCUT2D eigenvalue weighted by Crippen LogP contribution is -2.37. The largest absolute Gasteiger partial charge is 0.483 e. The van der Waals surface area contributed by atoms with Crippen LogP contribution in [0.2, 0.25) is 0 Å². The highest BCUT2D eigenvalue weighted by Crippen LogP contribution is 2.21. The van der Waals surface area contributed by atoms with Crippen molar-refractivity contribution in [3.05, 3.63) is 23.8 Å². The van der Waals surface area contributed by atoms with Gasteiger partial charge in [-0.25, -0.2) is 0 Å². The van der Waals surface area contributed by atoms with E-state index in [0.29, 0.717) is 17.0 Å². The van der Waals surface area contributed by atoms with Gasteiger partial charge >= 0.3 is 0 Å². The third-order valence-electron chi connectivity index (χ3n) is 3.09. The first kappa shape index (κ1) is 16.0. The SMILES string of the molecule is CCC(CC)NC(=O)COc1ccc(N)cc1C(C)=O. The topological polar surface area (TPSA) is 81.4 Å². The molecule has 0 radical (unpaired) electrons. The Morgan fingerprint density at radius 3 is 2.50 bits per heavy atom. The van der Waals surface area contributed by atoms with Crippen molar-refractivity contribution < 1.29 is 14.3 Å². The second kappa shape index (κ2) is 7.53. The molecule has 1 aromatic carbocycles. The molecule has 0 heterocycles. The Bertz CT molecular complexity index is 482. The van der Waals surface area contributed by atoms with E-state index in [1.54, 1.807) is 18.2 Å². The molecule has 1 aromatic rings. The zero-order valence-corrected chi connectivity index (χ0v) is 12.2. The van der Waals surface area contributed by atoms with Gasteiger partial charge in [0.05, 0.1) is 5.56 Å². The van der Waals surface area contributed by atoms with Gasteiger partial charge in [-0.2, -0.15) is 0 Å². The van der Waals surface area contributed by atoms with Gasteiger partial charge in [-0.05, 0) is 38.0 Å². The first-order valence-electron chi connectivity index (χ1n) is 6.80. The Morgan fingerprint density at radius 2 is 1.95 bits per heavy atom. The molecular formula is C15H22N2O3. The number of hydrogen-bond donors (Lipinski definition) is 2. The van der Waals surface area contributed by atoms with Crippen molar-refractivity contribution >= 4 is 17.4 Å². The van der Waals surface area contributed by atoms with Crippen LogP contribution in [0.25, 0.3) is 0 Å². The average Bonchev–Trinajstić information content (AvgIpc) is 2.43. The number of ether oxygens (including phenoxy) is 1. The van der Waals surface area contributed by atoms with Crippen molar-refractivity contribution in [2.75, 3.05) is 12.3 Å². The minimum atomic E-state index is -0.190. The Morgan fingerprint density at radius 1 is 1.30 bits per heavy atom. The van der Waals surface area contributed by atoms with E-state index in [1.165, 1.54) is 6.92 Å². The standard InChI is InChI=1S/C15H22N2O3/c1-4-12(5-2)17-15(19)9-20-14-7-6-11(16)8-13(14)10(3)18/h6-8,12H,4-5,9,16H2,1-3H3,(H,17,19). The predicted octanol–water partition coefficient (Wildman–Crippen LogP) is 2.16. The van der Waals surface area contributed by atoms with Gasteiger partial charge in [-0.15, -0.1) is 0 Å². The summed E-state index contributed by atoms with van der Waals surface area (Å²) in [4.78, 5) is 23.2. The van der Waals surface area contributed by atoms with E-state index in [2.05, 4.69) is 5.32 Å². The normalized spacial score (nSPS) is 10.4. The highest BCUT2D eigenvalue weighted by molar-refractivity contribution is 5.97. The van der Waals surface area contributed by atoms with E-state index in [4.69, 9.17) is 10.5 Å². The van der Waals surface area contributed by atoms with Crippen molar-refractivity contribution in [2.45, 2.75) is 39.7 Å². The molecule has 1 amide bonds. The van der Waals surface area contributed by atoms with Gasteiger partial charge < -0.3 is 15.8 Å². The van der Waals surface area contributed by atoms with Crippen LogP contribution in [0.15, 0.2) is 18.2 Å². The quantitative estimate of drug-likeness (QED) is 0.591. The first-order chi connectivity index (χ1) is 9.47. The number of rotatable bonds is 7. The molecule has 0 spiro atoms. The lowest BCUT2D eigenvalue weighted by Gasteiger charge is -2.15. The van der Waals surface area contributed by atoms with Gasteiger partial charge in [-0.3, -0.25) is 9.59 Å². The molecule has 0 aromatic heterocycles. The first-order valence-corrected chi connectivity index (χ1v) is 6.80. The lowest BCUT2D eigenvalue weighted by molar-refractivity contribution is -0.123. The Labute approximate surface area is 119 Å². The zero-order valence-electron chi connectivity index (χ0n) is 12.2. The zero-order chi connectivity index (χ0) is 15.1. The molecule has 20 heavy (non-hydrogen) atoms. The summed E-state index contributed by atoms with van der Waals surface area (Å²) < 4.78 is 5.42. The van der Waals surface area contributed by atoms with Gasteiger partial charge in [0.1, 0.15) is 5.75 Å². The maximum atomic E-state index is 11.7. The van der Waals surface area contributed by atoms with Gasteiger partial charge in [0.15, 0.2) is 12.4 Å². The number of hydrogen-bond acceptors (Lipinski definition) is 4. The molecule has 0 fully saturated rings. The summed E-state index contributed by atoms with van der Waals surface area (Å²) in [7, 11) is 0. The Balaban J connectivity index is 2.66. The summed E-state index contributed by atoms with van der Waals surface area (Å²) in [6.45, 7) is 5.36. The summed E-state index contributed by atoms with van der Waals surface area (Å²) in [5.41, 5.74) is 6.52. The van der Waals surface area contributed by atoms with Crippen LogP contribution in [0.4, 0.5) is 5.69 Å². The molecule has 5 nitrogen and oxygen atoms in total. The summed E-state index contributed by atoms with van der Waals surface area (Å²) in [5.74, 6) is 0.0455. The van der Waals surface area contributed by atoms with Gasteiger partial charge in [0.25, 0.3) is 5.91 Å². The van der Waals surface area contributed by atoms with Crippen LogP contribution in [0.1, 0.15) is 44.0 Å². The smallest absolute Gasteiger partial charge is 0.258 e. The minimum Gasteiger partial charge on any atom is -0.483 e. The Hall–Kier alpha value is -2.04. The van der Waals surface area contributed by atoms with Crippen LogP contribution in [0, 0.1) is 0 Å². The van der Waals surface area contributed by atoms with Crippen molar-refractivity contribution in [3.8, 4) is 5.75 Å². The molecule has 0 aliphatic rings. The van der Waals surface area contributed by atoms with Gasteiger partial charge in [0.2, 0.25) is 0 Å². The summed E-state index contributed by atoms with van der Waals surface area (Å²) in [6.07, 6.45) is 1.76. The number of benzene rings is 1. The molecule has 110 valence electrons. The average molecular weight is 278 g/mol. The third-order valence-corrected chi connectivity index (χ3v) is 3.09. The summed E-state index contributed by atoms with van der Waals surface area (Å²) >= 11 is 0. The van der Waals surface area contributed by atoms with E-state index in [-0.39, 0.29) is 24.3 Å². The fourth-order valence-electron chi connectivity index (χ4n) is 1.85. The molecule has 0 bridgehead atoms. The molecule has 5 heteroatoms. The number of Topliss-reactive ketones (excluding diaryl/α,β-unsaturated/α-hetero) is 1. The second-order valence-electron chi connectivity index (χ2n) is 4.68. The molecule has 1 rings (SSSR count). The highest BCUT2D eigenvalue weighted by Gasteiger charge is 2.12. The number of ketones is 1. The molecule has 0 atom stereocenters. The molecule has 0 saturated carbocycles. The van der Waals surface area contributed by atoms with E-state index in [0.717, 1.165) is 12.8 Å². The second-order valence-corrected chi connectivity index (χ2v) is 4.68. The van der Waals surface area contributed by atoms with Crippen molar-refractivity contribution in [1.29, 1.82) is 0 Å².